The molecule has 0 unspecified atom stereocenters. The first-order valence-corrected chi connectivity index (χ1v) is 6.09. The average molecular weight is 260 g/mol. The summed E-state index contributed by atoms with van der Waals surface area (Å²) in [4.78, 5) is 11.7. The van der Waals surface area contributed by atoms with Gasteiger partial charge in [-0.05, 0) is 32.1 Å². The summed E-state index contributed by atoms with van der Waals surface area (Å²) in [7, 11) is 1.86. The van der Waals surface area contributed by atoms with E-state index in [0.717, 1.165) is 10.9 Å². The lowest BCUT2D eigenvalue weighted by molar-refractivity contribution is -0.141. The lowest BCUT2D eigenvalue weighted by Gasteiger charge is -2.09. The Labute approximate surface area is 111 Å². The molecule has 2 rings (SSSR count). The molecule has 0 spiro atoms. The van der Waals surface area contributed by atoms with Crippen LogP contribution in [0.5, 0.6) is 5.75 Å². The summed E-state index contributed by atoms with van der Waals surface area (Å²) in [6.45, 7) is 3.80. The highest BCUT2D eigenvalue weighted by atomic mass is 16.6. The molecule has 2 aromatic rings. The molecule has 0 saturated carbocycles. The number of rotatable bonds is 4. The normalized spacial score (nSPS) is 11.6. The van der Waals surface area contributed by atoms with Gasteiger partial charge in [-0.15, -0.1) is 0 Å². The minimum absolute atomic E-state index is 0.179. The third kappa shape index (κ3) is 2.59. The van der Waals surface area contributed by atoms with Crippen LogP contribution < -0.4 is 4.74 Å². The minimum atomic E-state index is -0.467. The SMILES string of the molecule is C/C=C(\Oc1cccc2c1cnn2C)C(=O)OCC. The van der Waals surface area contributed by atoms with Gasteiger partial charge in [-0.25, -0.2) is 4.79 Å². The van der Waals surface area contributed by atoms with Gasteiger partial charge in [0.1, 0.15) is 5.75 Å². The van der Waals surface area contributed by atoms with Crippen molar-refractivity contribution in [3.63, 3.8) is 0 Å². The lowest BCUT2D eigenvalue weighted by Crippen LogP contribution is -2.12. The largest absolute Gasteiger partial charge is 0.460 e. The number of aromatic nitrogens is 2. The molecule has 0 aliphatic carbocycles. The molecule has 0 radical (unpaired) electrons. The molecule has 0 aliphatic rings. The number of fused-ring (bicyclic) bond motifs is 1. The van der Waals surface area contributed by atoms with Crippen molar-refractivity contribution >= 4 is 16.9 Å². The van der Waals surface area contributed by atoms with Crippen LogP contribution in [0.15, 0.2) is 36.2 Å². The van der Waals surface area contributed by atoms with E-state index < -0.39 is 5.97 Å². The molecule has 0 aliphatic heterocycles. The van der Waals surface area contributed by atoms with Gasteiger partial charge in [0, 0.05) is 7.05 Å². The quantitative estimate of drug-likeness (QED) is 0.481. The molecule has 0 N–H and O–H groups in total. The van der Waals surface area contributed by atoms with Crippen molar-refractivity contribution in [2.45, 2.75) is 13.8 Å². The lowest BCUT2D eigenvalue weighted by atomic mass is 10.2. The first-order chi connectivity index (χ1) is 9.17. The number of carbonyl (C=O) groups is 1. The van der Waals surface area contributed by atoms with Crippen LogP contribution >= 0.6 is 0 Å². The summed E-state index contributed by atoms with van der Waals surface area (Å²) in [5.74, 6) is 0.302. The third-order valence-electron chi connectivity index (χ3n) is 2.71. The van der Waals surface area contributed by atoms with E-state index in [1.54, 1.807) is 36.9 Å². The van der Waals surface area contributed by atoms with E-state index in [1.165, 1.54) is 0 Å². The summed E-state index contributed by atoms with van der Waals surface area (Å²) in [6.07, 6.45) is 3.30. The maximum atomic E-state index is 11.7. The predicted molar refractivity (Wildman–Crippen MR) is 71.7 cm³/mol. The van der Waals surface area contributed by atoms with E-state index in [2.05, 4.69) is 5.10 Å². The van der Waals surface area contributed by atoms with Crippen LogP contribution in [-0.4, -0.2) is 22.4 Å². The maximum Gasteiger partial charge on any atom is 0.373 e. The van der Waals surface area contributed by atoms with E-state index in [0.29, 0.717) is 12.4 Å². The molecule has 0 fully saturated rings. The Morgan fingerprint density at radius 1 is 1.47 bits per heavy atom. The smallest absolute Gasteiger partial charge is 0.373 e. The summed E-state index contributed by atoms with van der Waals surface area (Å²) in [5.41, 5.74) is 0.941. The Kier molecular flexibility index (Phi) is 3.85. The number of allylic oxidation sites excluding steroid dienone is 1. The topological polar surface area (TPSA) is 53.4 Å². The fraction of sp³-hybridized carbons (Fsp3) is 0.286. The highest BCUT2D eigenvalue weighted by Gasteiger charge is 2.14. The van der Waals surface area contributed by atoms with Crippen molar-refractivity contribution in [3.8, 4) is 5.75 Å². The first kappa shape index (κ1) is 13.1. The van der Waals surface area contributed by atoms with Crippen LogP contribution in [0.1, 0.15) is 13.8 Å². The fourth-order valence-electron chi connectivity index (χ4n) is 1.78. The van der Waals surface area contributed by atoms with Crippen molar-refractivity contribution in [1.29, 1.82) is 0 Å². The molecule has 5 heteroatoms. The molecule has 100 valence electrons. The summed E-state index contributed by atoms with van der Waals surface area (Å²) in [6, 6.07) is 5.60. The van der Waals surface area contributed by atoms with Crippen molar-refractivity contribution in [2.75, 3.05) is 6.61 Å². The first-order valence-electron chi connectivity index (χ1n) is 6.09. The van der Waals surface area contributed by atoms with Gasteiger partial charge >= 0.3 is 5.97 Å². The standard InChI is InChI=1S/C14H16N2O3/c1-4-12(14(17)18-5-2)19-13-8-6-7-11-10(13)9-15-16(11)3/h4,6-9H,5H2,1-3H3/b12-4-. The third-order valence-corrected chi connectivity index (χ3v) is 2.71. The number of esters is 1. The second-order valence-corrected chi connectivity index (χ2v) is 3.93. The zero-order valence-corrected chi connectivity index (χ0v) is 11.2. The molecule has 0 bridgehead atoms. The Bertz CT molecular complexity index is 629. The monoisotopic (exact) mass is 260 g/mol. The van der Waals surface area contributed by atoms with Crippen LogP contribution in [-0.2, 0) is 16.6 Å². The highest BCUT2D eigenvalue weighted by Crippen LogP contribution is 2.26. The summed E-state index contributed by atoms with van der Waals surface area (Å²) in [5, 5.41) is 5.03. The number of benzene rings is 1. The number of ether oxygens (including phenoxy) is 2. The summed E-state index contributed by atoms with van der Waals surface area (Å²) < 4.78 is 12.3. The van der Waals surface area contributed by atoms with E-state index in [9.17, 15) is 4.79 Å². The van der Waals surface area contributed by atoms with Crippen molar-refractivity contribution in [2.24, 2.45) is 7.05 Å². The molecular formula is C14H16N2O3. The van der Waals surface area contributed by atoms with Gasteiger partial charge < -0.3 is 9.47 Å². The predicted octanol–water partition coefficient (Wildman–Crippen LogP) is 2.42. The van der Waals surface area contributed by atoms with Gasteiger partial charge in [-0.3, -0.25) is 4.68 Å². The van der Waals surface area contributed by atoms with Crippen LogP contribution in [0.4, 0.5) is 0 Å². The molecule has 0 atom stereocenters. The molecule has 5 nitrogen and oxygen atoms in total. The van der Waals surface area contributed by atoms with Crippen molar-refractivity contribution < 1.29 is 14.3 Å². The molecule has 0 saturated heterocycles. The molecule has 1 heterocycles. The minimum Gasteiger partial charge on any atom is -0.460 e. The maximum absolute atomic E-state index is 11.7. The molecular weight excluding hydrogens is 244 g/mol. The number of hydrogen-bond acceptors (Lipinski definition) is 4. The van der Waals surface area contributed by atoms with Crippen molar-refractivity contribution in [3.05, 3.63) is 36.2 Å². The highest BCUT2D eigenvalue weighted by molar-refractivity contribution is 5.89. The Balaban J connectivity index is 2.33. The average Bonchev–Trinajstić information content (AvgIpc) is 2.79. The Morgan fingerprint density at radius 2 is 2.26 bits per heavy atom. The van der Waals surface area contributed by atoms with E-state index in [4.69, 9.17) is 9.47 Å². The zero-order valence-electron chi connectivity index (χ0n) is 11.2. The molecule has 1 aromatic heterocycles. The second kappa shape index (κ2) is 5.56. The van der Waals surface area contributed by atoms with Gasteiger partial charge in [0.25, 0.3) is 0 Å². The Morgan fingerprint density at radius 3 is 2.95 bits per heavy atom. The molecule has 1 aromatic carbocycles. The van der Waals surface area contributed by atoms with Crippen LogP contribution in [0, 0.1) is 0 Å². The van der Waals surface area contributed by atoms with E-state index in [-0.39, 0.29) is 5.76 Å². The van der Waals surface area contributed by atoms with Gasteiger partial charge in [0.15, 0.2) is 0 Å². The van der Waals surface area contributed by atoms with Gasteiger partial charge in [-0.1, -0.05) is 6.07 Å². The zero-order chi connectivity index (χ0) is 13.8. The fourth-order valence-corrected chi connectivity index (χ4v) is 1.78. The van der Waals surface area contributed by atoms with Crippen LogP contribution in [0.25, 0.3) is 10.9 Å². The van der Waals surface area contributed by atoms with Crippen LogP contribution in [0.3, 0.4) is 0 Å². The number of carbonyl (C=O) groups excluding carboxylic acids is 1. The number of aryl methyl sites for hydroxylation is 1. The van der Waals surface area contributed by atoms with E-state index >= 15 is 0 Å². The molecule has 19 heavy (non-hydrogen) atoms. The van der Waals surface area contributed by atoms with Gasteiger partial charge in [-0.2, -0.15) is 5.10 Å². The second-order valence-electron chi connectivity index (χ2n) is 3.93. The number of nitrogens with zero attached hydrogens (tertiary/aromatic N) is 2. The van der Waals surface area contributed by atoms with Crippen LogP contribution in [0.2, 0.25) is 0 Å². The van der Waals surface area contributed by atoms with Gasteiger partial charge in [0.05, 0.1) is 23.7 Å². The Hall–Kier alpha value is -2.30. The number of hydrogen-bond donors (Lipinski definition) is 0. The molecule has 0 amide bonds. The summed E-state index contributed by atoms with van der Waals surface area (Å²) >= 11 is 0. The van der Waals surface area contributed by atoms with Gasteiger partial charge in [0.2, 0.25) is 5.76 Å². The van der Waals surface area contributed by atoms with Crippen molar-refractivity contribution in [1.82, 2.24) is 9.78 Å². The van der Waals surface area contributed by atoms with E-state index in [1.807, 2.05) is 19.2 Å².